The summed E-state index contributed by atoms with van der Waals surface area (Å²) >= 11 is 0. The lowest BCUT2D eigenvalue weighted by Gasteiger charge is -2.29. The Hall–Kier alpha value is -0.910. The molecule has 0 aliphatic rings. The Labute approximate surface area is 125 Å². The van der Waals surface area contributed by atoms with Gasteiger partial charge in [-0.25, -0.2) is 4.39 Å². The fourth-order valence-electron chi connectivity index (χ4n) is 1.53. The first-order chi connectivity index (χ1) is 7.85. The maximum atomic E-state index is 12.9. The summed E-state index contributed by atoms with van der Waals surface area (Å²) in [4.78, 5) is 17.2. The van der Waals surface area contributed by atoms with E-state index in [1.807, 2.05) is 13.8 Å². The van der Waals surface area contributed by atoms with E-state index in [4.69, 9.17) is 5.73 Å². The number of carbonyl (C=O) groups excluding carboxylic acids is 1. The Bertz CT molecular complexity index is 416. The van der Waals surface area contributed by atoms with Gasteiger partial charge in [-0.05, 0) is 18.0 Å². The van der Waals surface area contributed by atoms with Crippen LogP contribution in [0.3, 0.4) is 0 Å². The fourth-order valence-corrected chi connectivity index (χ4v) is 1.53. The van der Waals surface area contributed by atoms with Crippen molar-refractivity contribution in [1.29, 1.82) is 0 Å². The lowest BCUT2D eigenvalue weighted by molar-refractivity contribution is 0.0739. The molecule has 0 saturated heterocycles. The van der Waals surface area contributed by atoms with Crippen molar-refractivity contribution in [2.75, 3.05) is 20.1 Å². The van der Waals surface area contributed by atoms with Gasteiger partial charge in [0.05, 0.1) is 11.8 Å². The molecule has 0 saturated carbocycles. The summed E-state index contributed by atoms with van der Waals surface area (Å²) in [5.74, 6) is -0.763. The molecule has 2 N–H and O–H groups in total. The van der Waals surface area contributed by atoms with E-state index in [-0.39, 0.29) is 41.7 Å². The van der Waals surface area contributed by atoms with Crippen LogP contribution in [0.1, 0.15) is 24.2 Å². The van der Waals surface area contributed by atoms with Crippen molar-refractivity contribution in [3.05, 3.63) is 29.8 Å². The lowest BCUT2D eigenvalue weighted by Crippen LogP contribution is -2.39. The van der Waals surface area contributed by atoms with Gasteiger partial charge in [-0.15, -0.1) is 24.8 Å². The van der Waals surface area contributed by atoms with Gasteiger partial charge in [0, 0.05) is 19.8 Å². The molecular formula is C12H20Cl2FN3O. The van der Waals surface area contributed by atoms with Gasteiger partial charge in [-0.2, -0.15) is 0 Å². The Morgan fingerprint density at radius 2 is 2.00 bits per heavy atom. The number of amides is 1. The quantitative estimate of drug-likeness (QED) is 0.926. The molecule has 0 aliphatic heterocycles. The first-order valence-corrected chi connectivity index (χ1v) is 5.42. The number of rotatable bonds is 4. The summed E-state index contributed by atoms with van der Waals surface area (Å²) in [6.45, 7) is 4.94. The van der Waals surface area contributed by atoms with Crippen molar-refractivity contribution in [2.24, 2.45) is 11.1 Å². The molecule has 0 unspecified atom stereocenters. The number of nitrogens with zero attached hydrogens (tertiary/aromatic N) is 2. The number of nitrogens with two attached hydrogens (primary N) is 1. The molecule has 0 bridgehead atoms. The molecule has 0 fully saturated rings. The van der Waals surface area contributed by atoms with Crippen molar-refractivity contribution in [3.8, 4) is 0 Å². The maximum absolute atomic E-state index is 12.9. The minimum atomic E-state index is -0.512. The predicted molar refractivity (Wildman–Crippen MR) is 78.5 cm³/mol. The highest BCUT2D eigenvalue weighted by molar-refractivity contribution is 5.93. The summed E-state index contributed by atoms with van der Waals surface area (Å²) < 4.78 is 12.9. The Morgan fingerprint density at radius 1 is 1.42 bits per heavy atom. The van der Waals surface area contributed by atoms with E-state index in [1.165, 1.54) is 17.2 Å². The van der Waals surface area contributed by atoms with Gasteiger partial charge in [-0.1, -0.05) is 13.8 Å². The van der Waals surface area contributed by atoms with Crippen LogP contribution >= 0.6 is 24.8 Å². The second-order valence-corrected chi connectivity index (χ2v) is 4.92. The molecule has 7 heteroatoms. The Morgan fingerprint density at radius 3 is 2.47 bits per heavy atom. The molecule has 0 spiro atoms. The van der Waals surface area contributed by atoms with Gasteiger partial charge in [-0.3, -0.25) is 9.78 Å². The average molecular weight is 312 g/mol. The van der Waals surface area contributed by atoms with Crippen molar-refractivity contribution >= 4 is 30.7 Å². The largest absolute Gasteiger partial charge is 0.341 e. The van der Waals surface area contributed by atoms with Gasteiger partial charge in [0.15, 0.2) is 0 Å². The van der Waals surface area contributed by atoms with Crippen LogP contribution in [0.5, 0.6) is 0 Å². The lowest BCUT2D eigenvalue weighted by atomic mass is 9.93. The minimum absolute atomic E-state index is 0. The first kappa shape index (κ1) is 20.4. The third-order valence-corrected chi connectivity index (χ3v) is 2.52. The number of carbonyl (C=O) groups is 1. The van der Waals surface area contributed by atoms with E-state index < -0.39 is 5.82 Å². The van der Waals surface area contributed by atoms with Crippen LogP contribution in [-0.4, -0.2) is 35.9 Å². The maximum Gasteiger partial charge on any atom is 0.255 e. The zero-order chi connectivity index (χ0) is 13.1. The summed E-state index contributed by atoms with van der Waals surface area (Å²) in [6.07, 6.45) is 2.43. The number of halogens is 3. The first-order valence-electron chi connectivity index (χ1n) is 5.42. The van der Waals surface area contributed by atoms with Crippen molar-refractivity contribution < 1.29 is 9.18 Å². The molecule has 1 heterocycles. The van der Waals surface area contributed by atoms with Gasteiger partial charge in [0.1, 0.15) is 5.82 Å². The molecule has 0 radical (unpaired) electrons. The van der Waals surface area contributed by atoms with E-state index in [1.54, 1.807) is 7.05 Å². The van der Waals surface area contributed by atoms with Crippen molar-refractivity contribution in [1.82, 2.24) is 9.88 Å². The highest BCUT2D eigenvalue weighted by Gasteiger charge is 2.22. The van der Waals surface area contributed by atoms with E-state index in [2.05, 4.69) is 4.98 Å². The van der Waals surface area contributed by atoms with Crippen LogP contribution < -0.4 is 5.73 Å². The second kappa shape index (κ2) is 8.30. The third kappa shape index (κ3) is 6.18. The highest BCUT2D eigenvalue weighted by Crippen LogP contribution is 2.15. The molecule has 4 nitrogen and oxygen atoms in total. The van der Waals surface area contributed by atoms with Gasteiger partial charge in [0.25, 0.3) is 5.91 Å². The van der Waals surface area contributed by atoms with Crippen LogP contribution in [-0.2, 0) is 0 Å². The smallest absolute Gasteiger partial charge is 0.255 e. The third-order valence-electron chi connectivity index (χ3n) is 2.52. The van der Waals surface area contributed by atoms with E-state index in [9.17, 15) is 9.18 Å². The van der Waals surface area contributed by atoms with Gasteiger partial charge < -0.3 is 10.6 Å². The predicted octanol–water partition coefficient (Wildman–Crippen LogP) is 2.12. The zero-order valence-corrected chi connectivity index (χ0v) is 12.9. The van der Waals surface area contributed by atoms with E-state index >= 15 is 0 Å². The number of pyridine rings is 1. The molecular weight excluding hydrogens is 292 g/mol. The van der Waals surface area contributed by atoms with E-state index in [0.717, 1.165) is 6.20 Å². The number of hydrogen-bond acceptors (Lipinski definition) is 3. The topological polar surface area (TPSA) is 59.2 Å². The molecule has 19 heavy (non-hydrogen) atoms. The van der Waals surface area contributed by atoms with Crippen LogP contribution in [0, 0.1) is 11.2 Å². The summed E-state index contributed by atoms with van der Waals surface area (Å²) in [6, 6.07) is 1.18. The zero-order valence-electron chi connectivity index (χ0n) is 11.2. The molecule has 1 rings (SSSR count). The molecule has 110 valence electrons. The molecule has 0 aromatic carbocycles. The van der Waals surface area contributed by atoms with Crippen LogP contribution in [0.15, 0.2) is 18.5 Å². The van der Waals surface area contributed by atoms with Crippen LogP contribution in [0.2, 0.25) is 0 Å². The molecule has 1 amide bonds. The molecule has 0 aliphatic carbocycles. The fraction of sp³-hybridized carbons (Fsp3) is 0.500. The Kier molecular flexibility index (Phi) is 8.91. The molecule has 0 atom stereocenters. The van der Waals surface area contributed by atoms with Gasteiger partial charge in [0.2, 0.25) is 0 Å². The molecule has 1 aromatic heterocycles. The summed E-state index contributed by atoms with van der Waals surface area (Å²) in [5, 5.41) is 0. The average Bonchev–Trinajstić information content (AvgIpc) is 2.27. The SMILES string of the molecule is CN(CC(C)(C)CN)C(=O)c1cncc(F)c1.Cl.Cl. The minimum Gasteiger partial charge on any atom is -0.341 e. The van der Waals surface area contributed by atoms with Gasteiger partial charge >= 0.3 is 0 Å². The summed E-state index contributed by atoms with van der Waals surface area (Å²) in [7, 11) is 1.67. The van der Waals surface area contributed by atoms with Crippen LogP contribution in [0.25, 0.3) is 0 Å². The number of hydrogen-bond donors (Lipinski definition) is 1. The monoisotopic (exact) mass is 311 g/mol. The standard InChI is InChI=1S/C12H18FN3O.2ClH/c1-12(2,7-14)8-16(3)11(17)9-4-10(13)6-15-5-9;;/h4-6H,7-8,14H2,1-3H3;2*1H. The van der Waals surface area contributed by atoms with Crippen molar-refractivity contribution in [2.45, 2.75) is 13.8 Å². The normalized spacial score (nSPS) is 10.2. The Balaban J connectivity index is 0. The second-order valence-electron chi connectivity index (χ2n) is 4.92. The van der Waals surface area contributed by atoms with Crippen LogP contribution in [0.4, 0.5) is 4.39 Å². The molecule has 1 aromatic rings. The van der Waals surface area contributed by atoms with Crippen molar-refractivity contribution in [3.63, 3.8) is 0 Å². The number of aromatic nitrogens is 1. The summed E-state index contributed by atoms with van der Waals surface area (Å²) in [5.41, 5.74) is 5.70. The highest BCUT2D eigenvalue weighted by atomic mass is 35.5. The van der Waals surface area contributed by atoms with E-state index in [0.29, 0.717) is 13.1 Å².